The summed E-state index contributed by atoms with van der Waals surface area (Å²) in [7, 11) is 4.49. The van der Waals surface area contributed by atoms with E-state index in [1.54, 1.807) is 12.3 Å². The largest absolute Gasteiger partial charge is 0.397 e. The normalized spacial score (nSPS) is 18.6. The summed E-state index contributed by atoms with van der Waals surface area (Å²) < 4.78 is 1.06. The van der Waals surface area contributed by atoms with Gasteiger partial charge >= 0.3 is 0 Å². The first-order chi connectivity index (χ1) is 7.48. The van der Waals surface area contributed by atoms with Crippen LogP contribution in [-0.2, 0) is 0 Å². The molecule has 1 aromatic rings. The minimum absolute atomic E-state index is 0. The molecule has 1 aromatic heterocycles. The molecular weight excluding hydrogens is 238 g/mol. The first kappa shape index (κ1) is 13.9. The van der Waals surface area contributed by atoms with Crippen molar-refractivity contribution in [3.63, 3.8) is 0 Å². The van der Waals surface area contributed by atoms with Gasteiger partial charge < -0.3 is 20.9 Å². The molecule has 0 bridgehead atoms. The van der Waals surface area contributed by atoms with E-state index in [1.165, 1.54) is 0 Å². The summed E-state index contributed by atoms with van der Waals surface area (Å²) in [6.07, 6.45) is 1.67. The van der Waals surface area contributed by atoms with Crippen molar-refractivity contribution in [3.05, 3.63) is 12.3 Å². The average Bonchev–Trinajstić information content (AvgIpc) is 2.19. The summed E-state index contributed by atoms with van der Waals surface area (Å²) in [6.45, 7) is 4.22. The van der Waals surface area contributed by atoms with Crippen LogP contribution in [0.2, 0.25) is 0 Å². The van der Waals surface area contributed by atoms with Crippen LogP contribution >= 0.6 is 0 Å². The number of likely N-dealkylation sites (N-methyl/N-ethyl adjacent to an activating group) is 1. The highest BCUT2D eigenvalue weighted by Gasteiger charge is 2.25. The fourth-order valence-corrected chi connectivity index (χ4v) is 1.97. The van der Waals surface area contributed by atoms with Crippen LogP contribution < -0.4 is 16.4 Å². The van der Waals surface area contributed by atoms with E-state index in [1.807, 2.05) is 0 Å². The minimum atomic E-state index is 0. The van der Waals surface area contributed by atoms with Gasteiger partial charge in [-0.25, -0.2) is 4.98 Å². The molecule has 0 aliphatic carbocycles. The number of nitrogens with two attached hydrogens (primary N) is 2. The standard InChI is InChI=1S/C11H20N5.ClH2/c1-16(2)5-3-15(4-6-16)11-10(13)7-9(12)8-14-11;/h7-8H,3-6,12-13H2,1-2H3;1H2/q2*+1. The predicted octanol–water partition coefficient (Wildman–Crippen LogP) is -0.393. The van der Waals surface area contributed by atoms with E-state index in [4.69, 9.17) is 11.5 Å². The molecule has 0 saturated carbocycles. The zero-order chi connectivity index (χ0) is 11.8. The molecule has 1 aliphatic heterocycles. The van der Waals surface area contributed by atoms with Crippen molar-refractivity contribution in [3.8, 4) is 0 Å². The fraction of sp³-hybridized carbons (Fsp3) is 0.545. The van der Waals surface area contributed by atoms with Crippen molar-refractivity contribution < 1.29 is 16.9 Å². The van der Waals surface area contributed by atoms with Gasteiger partial charge in [0.15, 0.2) is 5.82 Å². The summed E-state index contributed by atoms with van der Waals surface area (Å²) in [5, 5.41) is 0. The van der Waals surface area contributed by atoms with Gasteiger partial charge in [-0.05, 0) is 6.07 Å². The first-order valence-electron chi connectivity index (χ1n) is 5.56. The highest BCUT2D eigenvalue weighted by Crippen LogP contribution is 2.23. The number of nitrogen functional groups attached to an aromatic ring is 2. The second kappa shape index (κ2) is 4.98. The van der Waals surface area contributed by atoms with Crippen LogP contribution in [0.3, 0.4) is 0 Å². The van der Waals surface area contributed by atoms with Gasteiger partial charge in [-0.1, -0.05) is 0 Å². The van der Waals surface area contributed by atoms with Crippen molar-refractivity contribution >= 4 is 17.2 Å². The first-order valence-corrected chi connectivity index (χ1v) is 5.56. The maximum Gasteiger partial charge on any atom is 0.152 e. The van der Waals surface area contributed by atoms with Gasteiger partial charge in [0.2, 0.25) is 0 Å². The van der Waals surface area contributed by atoms with Gasteiger partial charge in [0.25, 0.3) is 0 Å². The molecule has 0 unspecified atom stereocenters. The van der Waals surface area contributed by atoms with Crippen molar-refractivity contribution in [2.45, 2.75) is 0 Å². The van der Waals surface area contributed by atoms with E-state index in [-0.39, 0.29) is 12.4 Å². The van der Waals surface area contributed by atoms with Gasteiger partial charge in [0, 0.05) is 0 Å². The van der Waals surface area contributed by atoms with E-state index < -0.39 is 0 Å². The Hall–Kier alpha value is -1.20. The smallest absolute Gasteiger partial charge is 0.152 e. The molecule has 0 atom stereocenters. The van der Waals surface area contributed by atoms with Gasteiger partial charge in [-0.2, -0.15) is 0 Å². The molecule has 2 rings (SSSR count). The molecule has 0 amide bonds. The average molecular weight is 260 g/mol. The fourth-order valence-electron chi connectivity index (χ4n) is 1.97. The number of rotatable bonds is 1. The van der Waals surface area contributed by atoms with E-state index >= 15 is 0 Å². The summed E-state index contributed by atoms with van der Waals surface area (Å²) in [4.78, 5) is 6.55. The quantitative estimate of drug-likeness (QED) is 0.674. The third kappa shape index (κ3) is 3.14. The summed E-state index contributed by atoms with van der Waals surface area (Å²) >= 11 is 0. The molecule has 4 N–H and O–H groups in total. The maximum absolute atomic E-state index is 5.93. The summed E-state index contributed by atoms with van der Waals surface area (Å²) in [6, 6.07) is 1.77. The van der Waals surface area contributed by atoms with E-state index in [2.05, 4.69) is 24.0 Å². The molecule has 6 heteroatoms. The molecule has 96 valence electrons. The van der Waals surface area contributed by atoms with E-state index in [0.29, 0.717) is 11.4 Å². The minimum Gasteiger partial charge on any atom is -0.397 e. The number of pyridine rings is 1. The number of aromatic nitrogens is 1. The predicted molar refractivity (Wildman–Crippen MR) is 69.9 cm³/mol. The third-order valence-corrected chi connectivity index (χ3v) is 3.17. The number of hydrogen-bond acceptors (Lipinski definition) is 4. The number of hydrogen-bond donors (Lipinski definition) is 2. The lowest BCUT2D eigenvalue weighted by Gasteiger charge is -2.39. The Kier molecular flexibility index (Phi) is 4.06. The molecule has 2 heterocycles. The Morgan fingerprint density at radius 2 is 1.82 bits per heavy atom. The van der Waals surface area contributed by atoms with Crippen LogP contribution in [0.5, 0.6) is 0 Å². The molecule has 5 nitrogen and oxygen atoms in total. The number of anilines is 3. The maximum atomic E-state index is 5.93. The van der Waals surface area contributed by atoms with Crippen LogP contribution in [0.25, 0.3) is 0 Å². The number of halogens is 1. The van der Waals surface area contributed by atoms with Crippen LogP contribution in [0.4, 0.5) is 17.2 Å². The number of quaternary nitrogens is 1. The van der Waals surface area contributed by atoms with Gasteiger partial charge in [0.05, 0.1) is 70.3 Å². The van der Waals surface area contributed by atoms with Gasteiger partial charge in [0.1, 0.15) is 0 Å². The monoisotopic (exact) mass is 259 g/mol. The zero-order valence-electron chi connectivity index (χ0n) is 10.4. The highest BCUT2D eigenvalue weighted by atomic mass is 35.5. The lowest BCUT2D eigenvalue weighted by Crippen LogP contribution is -2.55. The van der Waals surface area contributed by atoms with Crippen LogP contribution in [0.15, 0.2) is 12.3 Å². The topological polar surface area (TPSA) is 68.2 Å². The van der Waals surface area contributed by atoms with Crippen LogP contribution in [-0.4, -0.2) is 49.7 Å². The van der Waals surface area contributed by atoms with Crippen molar-refractivity contribution in [2.75, 3.05) is 56.6 Å². The highest BCUT2D eigenvalue weighted by molar-refractivity contribution is 5.66. The van der Waals surface area contributed by atoms with Gasteiger partial charge in [-0.15, -0.1) is 0 Å². The van der Waals surface area contributed by atoms with E-state index in [9.17, 15) is 0 Å². The van der Waals surface area contributed by atoms with Crippen LogP contribution in [0.1, 0.15) is 0 Å². The molecule has 1 fully saturated rings. The summed E-state index contributed by atoms with van der Waals surface area (Å²) in [5.41, 5.74) is 12.9. The Morgan fingerprint density at radius 1 is 1.24 bits per heavy atom. The Morgan fingerprint density at radius 3 is 2.35 bits per heavy atom. The van der Waals surface area contributed by atoms with Crippen molar-refractivity contribution in [1.82, 2.24) is 4.98 Å². The van der Waals surface area contributed by atoms with Crippen molar-refractivity contribution in [1.29, 1.82) is 0 Å². The third-order valence-electron chi connectivity index (χ3n) is 3.17. The van der Waals surface area contributed by atoms with Crippen LogP contribution in [0, 0.1) is 12.4 Å². The Bertz CT molecular complexity index is 383. The second-order valence-electron chi connectivity index (χ2n) is 5.05. The summed E-state index contributed by atoms with van der Waals surface area (Å²) in [5.74, 6) is 0.869. The molecular formula is C11H22ClN5+2. The Labute approximate surface area is 108 Å². The van der Waals surface area contributed by atoms with Crippen molar-refractivity contribution in [2.24, 2.45) is 0 Å². The number of piperazine rings is 1. The second-order valence-corrected chi connectivity index (χ2v) is 5.05. The SMILES string of the molecule is C[N+]1(C)CCN(c2ncc(N)cc2N)CC1.[ClH2+]. The molecule has 1 aliphatic rings. The lowest BCUT2D eigenvalue weighted by atomic mass is 10.2. The molecule has 0 radical (unpaired) electrons. The van der Waals surface area contributed by atoms with E-state index in [0.717, 1.165) is 36.5 Å². The molecule has 17 heavy (non-hydrogen) atoms. The Balaban J connectivity index is 0.00000144. The zero-order valence-corrected chi connectivity index (χ0v) is 11.3. The number of nitrogens with zero attached hydrogens (tertiary/aromatic N) is 3. The van der Waals surface area contributed by atoms with Gasteiger partial charge in [-0.3, -0.25) is 0 Å². The molecule has 1 saturated heterocycles. The molecule has 0 spiro atoms. The molecule has 0 aromatic carbocycles. The lowest BCUT2D eigenvalue weighted by molar-refractivity contribution is -0.890.